The van der Waals surface area contributed by atoms with Gasteiger partial charge in [0.05, 0.1) is 29.6 Å². The zero-order valence-electron chi connectivity index (χ0n) is 20.6. The van der Waals surface area contributed by atoms with Crippen LogP contribution in [-0.4, -0.2) is 65.4 Å². The van der Waals surface area contributed by atoms with Gasteiger partial charge in [0.2, 0.25) is 15.0 Å². The second-order valence-electron chi connectivity index (χ2n) is 10.1. The molecule has 2 aliphatic heterocycles. The molecule has 190 valence electrons. The van der Waals surface area contributed by atoms with Gasteiger partial charge in [0, 0.05) is 36.5 Å². The molecule has 1 saturated carbocycles. The topological polar surface area (TPSA) is 133 Å². The fourth-order valence-corrected chi connectivity index (χ4v) is 5.91. The van der Waals surface area contributed by atoms with E-state index in [4.69, 9.17) is 14.2 Å². The first-order chi connectivity index (χ1) is 16.5. The van der Waals surface area contributed by atoms with Crippen LogP contribution in [0.2, 0.25) is 0 Å². The Morgan fingerprint density at radius 3 is 2.66 bits per heavy atom. The number of rotatable bonds is 6. The van der Waals surface area contributed by atoms with Crippen LogP contribution < -0.4 is 10.1 Å². The first-order valence-corrected chi connectivity index (χ1v) is 13.8. The van der Waals surface area contributed by atoms with Gasteiger partial charge in [0.15, 0.2) is 5.79 Å². The molecule has 35 heavy (non-hydrogen) atoms. The number of pyridine rings is 1. The van der Waals surface area contributed by atoms with Crippen molar-refractivity contribution in [1.82, 2.24) is 15.0 Å². The number of fused-ring (bicyclic) bond motifs is 2. The molecule has 2 aromatic rings. The Morgan fingerprint density at radius 1 is 1.23 bits per heavy atom. The second-order valence-corrected chi connectivity index (χ2v) is 12.0. The maximum atomic E-state index is 12.4. The third-order valence-electron chi connectivity index (χ3n) is 6.95. The molecule has 2 aromatic heterocycles. The van der Waals surface area contributed by atoms with Crippen LogP contribution in [-0.2, 0) is 32.2 Å². The molecule has 4 heterocycles. The molecule has 3 aliphatic rings. The van der Waals surface area contributed by atoms with Gasteiger partial charge in [-0.3, -0.25) is 4.98 Å². The molecule has 1 saturated heterocycles. The highest BCUT2D eigenvalue weighted by atomic mass is 32.2. The van der Waals surface area contributed by atoms with Crippen molar-refractivity contribution >= 4 is 15.7 Å². The Labute approximate surface area is 205 Å². The number of aliphatic hydroxyl groups excluding tert-OH is 1. The van der Waals surface area contributed by atoms with Gasteiger partial charge in [-0.25, -0.2) is 18.4 Å². The van der Waals surface area contributed by atoms with Crippen LogP contribution in [0.15, 0.2) is 17.4 Å². The highest BCUT2D eigenvalue weighted by molar-refractivity contribution is 7.90. The lowest BCUT2D eigenvalue weighted by molar-refractivity contribution is -0.158. The molecule has 0 aromatic carbocycles. The van der Waals surface area contributed by atoms with Crippen LogP contribution in [0.3, 0.4) is 0 Å². The Bertz CT molecular complexity index is 1250. The molecule has 0 radical (unpaired) electrons. The third kappa shape index (κ3) is 4.50. The van der Waals surface area contributed by atoms with Crippen molar-refractivity contribution in [2.75, 3.05) is 18.2 Å². The van der Waals surface area contributed by atoms with Gasteiger partial charge >= 0.3 is 0 Å². The lowest BCUT2D eigenvalue weighted by Gasteiger charge is -2.26. The van der Waals surface area contributed by atoms with E-state index in [0.29, 0.717) is 35.7 Å². The Hall–Kier alpha value is -2.34. The number of sulfone groups is 1. The van der Waals surface area contributed by atoms with Crippen LogP contribution in [0.5, 0.6) is 5.75 Å². The summed E-state index contributed by atoms with van der Waals surface area (Å²) in [5.41, 5.74) is 3.27. The summed E-state index contributed by atoms with van der Waals surface area (Å²) in [6.45, 7) is 7.49. The standard InChI is InChI=1S/C24H32N4O6S/c1-6-15-7-13-9-17(32-18(13)10-25-15)19-12(2)26-23(35(5,30)31)28-22(19)27-16-8-14(11-29)20-21(16)34-24(3,4)33-20/h7,10,14,16-17,20-21,29H,6,8-9,11H2,1-5H3,(H,26,27,28). The van der Waals surface area contributed by atoms with E-state index in [9.17, 15) is 13.5 Å². The number of aromatic nitrogens is 3. The molecule has 1 aliphatic carbocycles. The van der Waals surface area contributed by atoms with Crippen molar-refractivity contribution in [3.63, 3.8) is 0 Å². The summed E-state index contributed by atoms with van der Waals surface area (Å²) in [6, 6.07) is 1.81. The third-order valence-corrected chi connectivity index (χ3v) is 7.80. The monoisotopic (exact) mass is 504 g/mol. The van der Waals surface area contributed by atoms with E-state index in [0.717, 1.165) is 23.9 Å². The molecule has 2 fully saturated rings. The molecule has 5 atom stereocenters. The molecular formula is C24H32N4O6S. The zero-order chi connectivity index (χ0) is 25.1. The van der Waals surface area contributed by atoms with Crippen molar-refractivity contribution in [2.24, 2.45) is 5.92 Å². The van der Waals surface area contributed by atoms with E-state index < -0.39 is 21.7 Å². The Kier molecular flexibility index (Phi) is 6.02. The fourth-order valence-electron chi connectivity index (χ4n) is 5.35. The molecule has 5 unspecified atom stereocenters. The zero-order valence-corrected chi connectivity index (χ0v) is 21.4. The summed E-state index contributed by atoms with van der Waals surface area (Å²) in [5, 5.41) is 13.1. The smallest absolute Gasteiger partial charge is 0.248 e. The minimum atomic E-state index is -3.64. The minimum absolute atomic E-state index is 0.0309. The molecule has 0 spiro atoms. The van der Waals surface area contributed by atoms with Gasteiger partial charge in [0.25, 0.3) is 0 Å². The second kappa shape index (κ2) is 8.65. The van der Waals surface area contributed by atoms with E-state index in [2.05, 4.69) is 27.2 Å². The summed E-state index contributed by atoms with van der Waals surface area (Å²) >= 11 is 0. The number of nitrogens with zero attached hydrogens (tertiary/aromatic N) is 3. The number of anilines is 1. The summed E-state index contributed by atoms with van der Waals surface area (Å²) < 4.78 is 43.2. The van der Waals surface area contributed by atoms with Gasteiger partial charge in [-0.2, -0.15) is 0 Å². The van der Waals surface area contributed by atoms with Crippen molar-refractivity contribution in [3.05, 3.63) is 34.8 Å². The molecule has 2 N–H and O–H groups in total. The molecule has 10 nitrogen and oxygen atoms in total. The summed E-state index contributed by atoms with van der Waals surface area (Å²) in [5.74, 6) is 0.229. The highest BCUT2D eigenvalue weighted by Crippen LogP contribution is 2.44. The molecule has 5 rings (SSSR count). The van der Waals surface area contributed by atoms with Gasteiger partial charge in [-0.05, 0) is 39.7 Å². The van der Waals surface area contributed by atoms with E-state index >= 15 is 0 Å². The van der Waals surface area contributed by atoms with Crippen LogP contribution in [0, 0.1) is 12.8 Å². The summed E-state index contributed by atoms with van der Waals surface area (Å²) in [4.78, 5) is 13.2. The Balaban J connectivity index is 1.52. The number of hydrogen-bond donors (Lipinski definition) is 2. The van der Waals surface area contributed by atoms with E-state index in [-0.39, 0.29) is 35.9 Å². The van der Waals surface area contributed by atoms with Crippen LogP contribution in [0.4, 0.5) is 5.82 Å². The first kappa shape index (κ1) is 24.4. The molecule has 11 heteroatoms. The van der Waals surface area contributed by atoms with Crippen LogP contribution in [0.1, 0.15) is 55.8 Å². The maximum Gasteiger partial charge on any atom is 0.248 e. The summed E-state index contributed by atoms with van der Waals surface area (Å²) in [6.07, 6.45) is 3.88. The van der Waals surface area contributed by atoms with Gasteiger partial charge in [-0.15, -0.1) is 0 Å². The quantitative estimate of drug-likeness (QED) is 0.564. The van der Waals surface area contributed by atoms with Crippen molar-refractivity contribution in [3.8, 4) is 5.75 Å². The average molecular weight is 505 g/mol. The predicted octanol–water partition coefficient (Wildman–Crippen LogP) is 2.13. The maximum absolute atomic E-state index is 12.4. The van der Waals surface area contributed by atoms with Crippen LogP contribution >= 0.6 is 0 Å². The SMILES string of the molecule is CCc1cc2c(cn1)OC(c1c(C)nc(S(C)(=O)=O)nc1NC1CC(CO)C3OC(C)(C)OC13)C2. The molecule has 0 bridgehead atoms. The number of aliphatic hydroxyl groups is 1. The molecule has 0 amide bonds. The first-order valence-electron chi connectivity index (χ1n) is 11.9. The number of nitrogens with one attached hydrogen (secondary N) is 1. The number of hydrogen-bond acceptors (Lipinski definition) is 10. The van der Waals surface area contributed by atoms with Gasteiger partial charge in [0.1, 0.15) is 23.8 Å². The van der Waals surface area contributed by atoms with Crippen molar-refractivity contribution < 1.29 is 27.7 Å². The highest BCUT2D eigenvalue weighted by Gasteiger charge is 2.54. The lowest BCUT2D eigenvalue weighted by Crippen LogP contribution is -2.35. The van der Waals surface area contributed by atoms with Gasteiger partial charge < -0.3 is 24.6 Å². The van der Waals surface area contributed by atoms with Crippen molar-refractivity contribution in [2.45, 2.75) is 82.3 Å². The number of ether oxygens (including phenoxy) is 3. The Morgan fingerprint density at radius 2 is 1.97 bits per heavy atom. The van der Waals surface area contributed by atoms with Gasteiger partial charge in [-0.1, -0.05) is 6.92 Å². The minimum Gasteiger partial charge on any atom is -0.483 e. The predicted molar refractivity (Wildman–Crippen MR) is 127 cm³/mol. The lowest BCUT2D eigenvalue weighted by atomic mass is 10.0. The molecular weight excluding hydrogens is 472 g/mol. The average Bonchev–Trinajstić information content (AvgIpc) is 3.43. The van der Waals surface area contributed by atoms with E-state index in [1.807, 2.05) is 19.9 Å². The van der Waals surface area contributed by atoms with Crippen molar-refractivity contribution in [1.29, 1.82) is 0 Å². The largest absolute Gasteiger partial charge is 0.483 e. The fraction of sp³-hybridized carbons (Fsp3) is 0.625. The number of aryl methyl sites for hydroxylation is 2. The van der Waals surface area contributed by atoms with E-state index in [1.165, 1.54) is 0 Å². The normalized spacial score (nSPS) is 29.0. The van der Waals surface area contributed by atoms with Crippen LogP contribution in [0.25, 0.3) is 0 Å². The van der Waals surface area contributed by atoms with E-state index in [1.54, 1.807) is 13.1 Å². The summed E-state index contributed by atoms with van der Waals surface area (Å²) in [7, 11) is -3.64.